The molecule has 0 saturated carbocycles. The summed E-state index contributed by atoms with van der Waals surface area (Å²) in [5.41, 5.74) is 0.883. The van der Waals surface area contributed by atoms with Crippen molar-refractivity contribution in [2.24, 2.45) is 0 Å². The van der Waals surface area contributed by atoms with Gasteiger partial charge >= 0.3 is 0 Å². The van der Waals surface area contributed by atoms with Gasteiger partial charge in [0.2, 0.25) is 5.91 Å². The highest BCUT2D eigenvalue weighted by atomic mass is 32.2. The zero-order valence-corrected chi connectivity index (χ0v) is 16.0. The van der Waals surface area contributed by atoms with Gasteiger partial charge in [-0.1, -0.05) is 36.0 Å². The third-order valence-electron chi connectivity index (χ3n) is 3.96. The van der Waals surface area contributed by atoms with Crippen LogP contribution in [0.1, 0.15) is 6.42 Å². The summed E-state index contributed by atoms with van der Waals surface area (Å²) in [6, 6.07) is 16.2. The lowest BCUT2D eigenvalue weighted by atomic mass is 10.2. The predicted molar refractivity (Wildman–Crippen MR) is 108 cm³/mol. The van der Waals surface area contributed by atoms with Gasteiger partial charge in [-0.2, -0.15) is 5.26 Å². The Kier molecular flexibility index (Phi) is 6.29. The molecule has 8 heteroatoms. The molecule has 3 rings (SSSR count). The van der Waals surface area contributed by atoms with Gasteiger partial charge in [0.15, 0.2) is 5.16 Å². The highest BCUT2D eigenvalue weighted by molar-refractivity contribution is 7.99. The van der Waals surface area contributed by atoms with Gasteiger partial charge in [-0.15, -0.1) is 0 Å². The molecule has 0 radical (unpaired) electrons. The van der Waals surface area contributed by atoms with E-state index in [0.29, 0.717) is 34.0 Å². The average Bonchev–Trinajstić information content (AvgIpc) is 2.72. The number of nitrogens with zero attached hydrogens (tertiary/aromatic N) is 3. The zero-order chi connectivity index (χ0) is 19.9. The summed E-state index contributed by atoms with van der Waals surface area (Å²) < 4.78 is 6.87. The number of carbonyl (C=O) groups excluding carboxylic acids is 1. The molecular formula is C20H18N4O3S. The lowest BCUT2D eigenvalue weighted by molar-refractivity contribution is -0.118. The lowest BCUT2D eigenvalue weighted by Gasteiger charge is -2.15. The third-order valence-corrected chi connectivity index (χ3v) is 4.90. The van der Waals surface area contributed by atoms with E-state index in [2.05, 4.69) is 10.3 Å². The van der Waals surface area contributed by atoms with Gasteiger partial charge in [0, 0.05) is 6.54 Å². The van der Waals surface area contributed by atoms with Crippen LogP contribution in [0.15, 0.2) is 58.5 Å². The normalized spacial score (nSPS) is 10.4. The number of fused-ring (bicyclic) bond motifs is 1. The molecule has 0 unspecified atom stereocenters. The van der Waals surface area contributed by atoms with Crippen LogP contribution in [-0.2, 0) is 4.79 Å². The molecule has 0 saturated heterocycles. The Bertz CT molecular complexity index is 1100. The molecule has 28 heavy (non-hydrogen) atoms. The van der Waals surface area contributed by atoms with Crippen LogP contribution in [0.2, 0.25) is 0 Å². The number of amides is 1. The number of nitrogens with one attached hydrogen (secondary N) is 1. The van der Waals surface area contributed by atoms with Crippen LogP contribution in [0.4, 0.5) is 0 Å². The second-order valence-electron chi connectivity index (χ2n) is 5.77. The van der Waals surface area contributed by atoms with Crippen molar-refractivity contribution in [3.05, 3.63) is 58.9 Å². The highest BCUT2D eigenvalue weighted by Crippen LogP contribution is 2.26. The standard InChI is InChI=1S/C20H18N4O3S/c1-27-17-10-5-4-9-16(17)24-19(26)14-7-2-3-8-15(14)23-20(24)28-13-18(25)22-12-6-11-21/h2-5,7-10H,6,12-13H2,1H3,(H,22,25). The van der Waals surface area contributed by atoms with Gasteiger partial charge in [-0.25, -0.2) is 4.98 Å². The molecule has 0 aliphatic rings. The fourth-order valence-corrected chi connectivity index (χ4v) is 3.51. The van der Waals surface area contributed by atoms with E-state index in [1.165, 1.54) is 11.7 Å². The lowest BCUT2D eigenvalue weighted by Crippen LogP contribution is -2.27. The average molecular weight is 394 g/mol. The number of ether oxygens (including phenoxy) is 1. The van der Waals surface area contributed by atoms with E-state index < -0.39 is 0 Å². The molecular weight excluding hydrogens is 376 g/mol. The second kappa shape index (κ2) is 9.06. The van der Waals surface area contributed by atoms with Gasteiger partial charge in [-0.05, 0) is 24.3 Å². The summed E-state index contributed by atoms with van der Waals surface area (Å²) in [6.07, 6.45) is 0.247. The number of benzene rings is 2. The Morgan fingerprint density at radius 1 is 1.25 bits per heavy atom. The van der Waals surface area contributed by atoms with E-state index in [0.717, 1.165) is 11.8 Å². The number of hydrogen-bond acceptors (Lipinski definition) is 6. The molecule has 7 nitrogen and oxygen atoms in total. The molecule has 142 valence electrons. The SMILES string of the molecule is COc1ccccc1-n1c(SCC(=O)NCCC#N)nc2ccccc2c1=O. The number of thioether (sulfide) groups is 1. The first-order chi connectivity index (χ1) is 13.7. The van der Waals surface area contributed by atoms with Crippen molar-refractivity contribution in [1.29, 1.82) is 5.26 Å². The number of hydrogen-bond donors (Lipinski definition) is 1. The fourth-order valence-electron chi connectivity index (χ4n) is 2.68. The molecule has 0 spiro atoms. The number of rotatable bonds is 7. The maximum absolute atomic E-state index is 13.2. The van der Waals surface area contributed by atoms with Crippen molar-refractivity contribution in [1.82, 2.24) is 14.9 Å². The monoisotopic (exact) mass is 394 g/mol. The first kappa shape index (κ1) is 19.5. The molecule has 0 aliphatic carbocycles. The maximum atomic E-state index is 13.2. The van der Waals surface area contributed by atoms with Crippen molar-refractivity contribution in [2.45, 2.75) is 11.6 Å². The fraction of sp³-hybridized carbons (Fsp3) is 0.200. The molecule has 1 N–H and O–H groups in total. The molecule has 1 amide bonds. The second-order valence-corrected chi connectivity index (χ2v) is 6.71. The predicted octanol–water partition coefficient (Wildman–Crippen LogP) is 2.52. The van der Waals surface area contributed by atoms with Crippen molar-refractivity contribution in [3.63, 3.8) is 0 Å². The van der Waals surface area contributed by atoms with Gasteiger partial charge in [-0.3, -0.25) is 14.2 Å². The van der Waals surface area contributed by atoms with Gasteiger partial charge < -0.3 is 10.1 Å². The number of nitriles is 1. The summed E-state index contributed by atoms with van der Waals surface area (Å²) in [5, 5.41) is 12.1. The quantitative estimate of drug-likeness (QED) is 0.376. The van der Waals surface area contributed by atoms with Gasteiger partial charge in [0.1, 0.15) is 5.75 Å². The number of para-hydroxylation sites is 3. The topological polar surface area (TPSA) is 97.0 Å². The van der Waals surface area contributed by atoms with E-state index >= 15 is 0 Å². The molecule has 0 atom stereocenters. The van der Waals surface area contributed by atoms with Crippen LogP contribution >= 0.6 is 11.8 Å². The van der Waals surface area contributed by atoms with Crippen LogP contribution in [0.5, 0.6) is 5.75 Å². The summed E-state index contributed by atoms with van der Waals surface area (Å²) >= 11 is 1.16. The zero-order valence-electron chi connectivity index (χ0n) is 15.2. The van der Waals surface area contributed by atoms with E-state index in [1.807, 2.05) is 24.3 Å². The van der Waals surface area contributed by atoms with Crippen molar-refractivity contribution in [2.75, 3.05) is 19.4 Å². The minimum absolute atomic E-state index is 0.0748. The molecule has 3 aromatic rings. The van der Waals surface area contributed by atoms with Crippen LogP contribution in [0.25, 0.3) is 16.6 Å². The maximum Gasteiger partial charge on any atom is 0.266 e. The number of carbonyl (C=O) groups is 1. The Morgan fingerprint density at radius 2 is 2.00 bits per heavy atom. The minimum atomic E-state index is -0.234. The molecule has 0 fully saturated rings. The van der Waals surface area contributed by atoms with E-state index in [4.69, 9.17) is 10.00 Å². The van der Waals surface area contributed by atoms with E-state index in [1.54, 1.807) is 30.3 Å². The van der Waals surface area contributed by atoms with Crippen LogP contribution in [0, 0.1) is 11.3 Å². The van der Waals surface area contributed by atoms with Crippen molar-refractivity contribution < 1.29 is 9.53 Å². The van der Waals surface area contributed by atoms with Gasteiger partial charge in [0.25, 0.3) is 5.56 Å². The van der Waals surface area contributed by atoms with E-state index in [9.17, 15) is 9.59 Å². The Labute approximate surface area is 166 Å². The minimum Gasteiger partial charge on any atom is -0.495 e. The highest BCUT2D eigenvalue weighted by Gasteiger charge is 2.17. The molecule has 0 bridgehead atoms. The summed E-state index contributed by atoms with van der Waals surface area (Å²) in [7, 11) is 1.54. The number of methoxy groups -OCH3 is 1. The first-order valence-electron chi connectivity index (χ1n) is 8.57. The van der Waals surface area contributed by atoms with E-state index in [-0.39, 0.29) is 23.6 Å². The van der Waals surface area contributed by atoms with Crippen LogP contribution < -0.4 is 15.6 Å². The molecule has 1 aromatic heterocycles. The Hall–Kier alpha value is -3.31. The molecule has 0 aliphatic heterocycles. The summed E-state index contributed by atoms with van der Waals surface area (Å²) in [4.78, 5) is 29.8. The third kappa shape index (κ3) is 4.15. The smallest absolute Gasteiger partial charge is 0.266 e. The van der Waals surface area contributed by atoms with Crippen LogP contribution in [0.3, 0.4) is 0 Å². The Morgan fingerprint density at radius 3 is 2.79 bits per heavy atom. The largest absolute Gasteiger partial charge is 0.495 e. The van der Waals surface area contributed by atoms with Crippen LogP contribution in [-0.4, -0.2) is 34.9 Å². The summed E-state index contributed by atoms with van der Waals surface area (Å²) in [5.74, 6) is 0.377. The van der Waals surface area contributed by atoms with Crippen molar-refractivity contribution in [3.8, 4) is 17.5 Å². The number of aromatic nitrogens is 2. The molecule has 2 aromatic carbocycles. The van der Waals surface area contributed by atoms with Crippen molar-refractivity contribution >= 4 is 28.6 Å². The first-order valence-corrected chi connectivity index (χ1v) is 9.56. The van der Waals surface area contributed by atoms with Gasteiger partial charge in [0.05, 0.1) is 41.9 Å². The molecule has 1 heterocycles. The Balaban J connectivity index is 2.04. The summed E-state index contributed by atoms with van der Waals surface area (Å²) in [6.45, 7) is 0.292.